The molecule has 0 atom stereocenters. The van der Waals surface area contributed by atoms with Gasteiger partial charge in [0.15, 0.2) is 5.65 Å². The van der Waals surface area contributed by atoms with E-state index in [0.717, 1.165) is 10.8 Å². The Labute approximate surface area is 180 Å². The Bertz CT molecular complexity index is 1500. The van der Waals surface area contributed by atoms with Crippen molar-refractivity contribution in [3.05, 3.63) is 72.8 Å². The molecule has 5 aromatic rings. The lowest BCUT2D eigenvalue weighted by atomic mass is 10.0. The second kappa shape index (κ2) is 7.51. The number of hydrogen-bond acceptors (Lipinski definition) is 6. The number of nitrogens with one attached hydrogen (secondary N) is 1. The van der Waals surface area contributed by atoms with Crippen LogP contribution in [0.2, 0.25) is 0 Å². The molecule has 3 heterocycles. The molecule has 1 amide bonds. The summed E-state index contributed by atoms with van der Waals surface area (Å²) in [6.45, 7) is -0.407. The number of phenolic OH excluding ortho intramolecular Hbond substituents is 1. The van der Waals surface area contributed by atoms with Gasteiger partial charge in [0.25, 0.3) is 5.91 Å². The van der Waals surface area contributed by atoms with E-state index in [1.165, 1.54) is 21.6 Å². The molecule has 0 spiro atoms. The summed E-state index contributed by atoms with van der Waals surface area (Å²) in [6.07, 6.45) is 6.03. The lowest BCUT2D eigenvalue weighted by Crippen LogP contribution is -2.12. The minimum absolute atomic E-state index is 0.0441. The molecule has 5 rings (SSSR count). The summed E-state index contributed by atoms with van der Waals surface area (Å²) < 4.78 is 2.66. The molecule has 32 heavy (non-hydrogen) atoms. The molecule has 0 aliphatic rings. The maximum absolute atomic E-state index is 13.0. The number of rotatable bonds is 5. The molecule has 3 N–H and O–H groups in total. The number of carboxylic acids is 1. The summed E-state index contributed by atoms with van der Waals surface area (Å²) in [5.74, 6) is -1.63. The fourth-order valence-electron chi connectivity index (χ4n) is 3.53. The fourth-order valence-corrected chi connectivity index (χ4v) is 3.53. The van der Waals surface area contributed by atoms with Crippen molar-refractivity contribution in [1.82, 2.24) is 24.4 Å². The molecule has 0 saturated heterocycles. The molecule has 0 saturated carbocycles. The fraction of sp³-hybridized carbons (Fsp3) is 0.0455. The second-order valence-electron chi connectivity index (χ2n) is 7.10. The van der Waals surface area contributed by atoms with Crippen molar-refractivity contribution in [2.45, 2.75) is 6.54 Å². The van der Waals surface area contributed by atoms with Crippen molar-refractivity contribution in [1.29, 1.82) is 0 Å². The molecule has 0 aliphatic heterocycles. The number of hydrogen-bond donors (Lipinski definition) is 3. The average molecular weight is 428 g/mol. The van der Waals surface area contributed by atoms with Gasteiger partial charge in [-0.2, -0.15) is 10.2 Å². The van der Waals surface area contributed by atoms with E-state index in [1.54, 1.807) is 30.6 Å². The van der Waals surface area contributed by atoms with Crippen LogP contribution in [0.25, 0.3) is 27.7 Å². The number of phenols is 1. The van der Waals surface area contributed by atoms with E-state index in [9.17, 15) is 14.7 Å². The molecule has 3 aromatic heterocycles. The van der Waals surface area contributed by atoms with Crippen LogP contribution in [0.4, 0.5) is 5.69 Å². The Morgan fingerprint density at radius 1 is 1.09 bits per heavy atom. The highest BCUT2D eigenvalue weighted by molar-refractivity contribution is 6.09. The van der Waals surface area contributed by atoms with Crippen LogP contribution >= 0.6 is 0 Å². The summed E-state index contributed by atoms with van der Waals surface area (Å²) in [4.78, 5) is 28.4. The molecule has 0 aliphatic carbocycles. The van der Waals surface area contributed by atoms with Gasteiger partial charge in [-0.25, -0.2) is 9.50 Å². The number of carbonyl (C=O) groups excluding carboxylic acids is 1. The van der Waals surface area contributed by atoms with Crippen LogP contribution in [0, 0.1) is 0 Å². The Kier molecular flexibility index (Phi) is 4.52. The van der Waals surface area contributed by atoms with Crippen molar-refractivity contribution in [3.8, 4) is 17.0 Å². The van der Waals surface area contributed by atoms with E-state index >= 15 is 0 Å². The van der Waals surface area contributed by atoms with Gasteiger partial charge in [0.05, 0.1) is 11.9 Å². The number of amides is 1. The molecule has 158 valence electrons. The Morgan fingerprint density at radius 3 is 2.66 bits per heavy atom. The number of fused-ring (bicyclic) bond motifs is 2. The van der Waals surface area contributed by atoms with Crippen LogP contribution in [0.1, 0.15) is 10.4 Å². The number of benzene rings is 2. The SMILES string of the molecule is O=C(O)Cn1cc(NC(=O)c2cnn3cccnc23)c(-c2cc3ccccc3cc2O)n1. The third-order valence-corrected chi connectivity index (χ3v) is 4.95. The smallest absolute Gasteiger partial charge is 0.325 e. The van der Waals surface area contributed by atoms with Crippen molar-refractivity contribution >= 4 is 34.0 Å². The molecule has 2 aromatic carbocycles. The summed E-state index contributed by atoms with van der Waals surface area (Å²) >= 11 is 0. The number of nitrogens with zero attached hydrogens (tertiary/aromatic N) is 5. The van der Waals surface area contributed by atoms with Gasteiger partial charge in [0, 0.05) is 24.2 Å². The van der Waals surface area contributed by atoms with Crippen LogP contribution in [0.5, 0.6) is 5.75 Å². The van der Waals surface area contributed by atoms with Gasteiger partial charge in [0.2, 0.25) is 0 Å². The molecule has 10 heteroatoms. The standard InChI is InChI=1S/C22H16N6O4/c29-18-9-14-5-2-1-4-13(14)8-15(18)20-17(11-27(26-20)12-19(30)31)25-22(32)16-10-24-28-7-3-6-23-21(16)28/h1-11,29H,12H2,(H,25,32)(H,30,31). The first-order chi connectivity index (χ1) is 15.5. The normalized spacial score (nSPS) is 11.1. The molecular formula is C22H16N6O4. The third-order valence-electron chi connectivity index (χ3n) is 4.95. The minimum Gasteiger partial charge on any atom is -0.507 e. The van der Waals surface area contributed by atoms with Gasteiger partial charge in [0.1, 0.15) is 23.6 Å². The second-order valence-corrected chi connectivity index (χ2v) is 7.10. The third kappa shape index (κ3) is 3.39. The molecule has 0 unspecified atom stereocenters. The van der Waals surface area contributed by atoms with E-state index in [2.05, 4.69) is 20.5 Å². The van der Waals surface area contributed by atoms with Crippen LogP contribution < -0.4 is 5.32 Å². The van der Waals surface area contributed by atoms with Crippen molar-refractivity contribution in [2.75, 3.05) is 5.32 Å². The van der Waals surface area contributed by atoms with Crippen LogP contribution in [-0.2, 0) is 11.3 Å². The van der Waals surface area contributed by atoms with Crippen molar-refractivity contribution in [3.63, 3.8) is 0 Å². The molecule has 0 radical (unpaired) electrons. The largest absolute Gasteiger partial charge is 0.507 e. The van der Waals surface area contributed by atoms with Crippen LogP contribution in [0.3, 0.4) is 0 Å². The summed E-state index contributed by atoms with van der Waals surface area (Å²) in [5.41, 5.74) is 1.47. The zero-order chi connectivity index (χ0) is 22.2. The maximum Gasteiger partial charge on any atom is 0.325 e. The average Bonchev–Trinajstić information content (AvgIpc) is 3.37. The van der Waals surface area contributed by atoms with Gasteiger partial charge in [-0.1, -0.05) is 24.3 Å². The number of aromatic hydroxyl groups is 1. The van der Waals surface area contributed by atoms with E-state index in [1.807, 2.05) is 24.3 Å². The number of aromatic nitrogens is 5. The zero-order valence-corrected chi connectivity index (χ0v) is 16.5. The Morgan fingerprint density at radius 2 is 1.88 bits per heavy atom. The first kappa shape index (κ1) is 19.2. The Hall–Kier alpha value is -4.73. The van der Waals surface area contributed by atoms with Gasteiger partial charge in [-0.15, -0.1) is 0 Å². The number of carboxylic acid groups (broad SMARTS) is 1. The predicted octanol–water partition coefficient (Wildman–Crippen LogP) is 2.79. The predicted molar refractivity (Wildman–Crippen MR) is 115 cm³/mol. The number of aliphatic carboxylic acids is 1. The lowest BCUT2D eigenvalue weighted by Gasteiger charge is -2.08. The quantitative estimate of drug-likeness (QED) is 0.392. The van der Waals surface area contributed by atoms with E-state index < -0.39 is 18.4 Å². The highest BCUT2D eigenvalue weighted by Crippen LogP contribution is 2.36. The van der Waals surface area contributed by atoms with E-state index in [0.29, 0.717) is 11.2 Å². The Balaban J connectivity index is 1.59. The summed E-state index contributed by atoms with van der Waals surface area (Å²) in [6, 6.07) is 12.5. The van der Waals surface area contributed by atoms with Gasteiger partial charge in [-0.3, -0.25) is 14.3 Å². The van der Waals surface area contributed by atoms with Crippen LogP contribution in [-0.4, -0.2) is 46.5 Å². The summed E-state index contributed by atoms with van der Waals surface area (Å²) in [7, 11) is 0. The topological polar surface area (TPSA) is 135 Å². The van der Waals surface area contributed by atoms with Gasteiger partial charge < -0.3 is 15.5 Å². The van der Waals surface area contributed by atoms with E-state index in [4.69, 9.17) is 5.11 Å². The van der Waals surface area contributed by atoms with E-state index in [-0.39, 0.29) is 22.7 Å². The number of anilines is 1. The molecule has 10 nitrogen and oxygen atoms in total. The molecular weight excluding hydrogens is 412 g/mol. The van der Waals surface area contributed by atoms with Crippen molar-refractivity contribution in [2.24, 2.45) is 0 Å². The van der Waals surface area contributed by atoms with Gasteiger partial charge in [-0.05, 0) is 29.0 Å². The van der Waals surface area contributed by atoms with Crippen molar-refractivity contribution < 1.29 is 19.8 Å². The highest BCUT2D eigenvalue weighted by Gasteiger charge is 2.21. The highest BCUT2D eigenvalue weighted by atomic mass is 16.4. The zero-order valence-electron chi connectivity index (χ0n) is 16.5. The van der Waals surface area contributed by atoms with Gasteiger partial charge >= 0.3 is 5.97 Å². The first-order valence-corrected chi connectivity index (χ1v) is 9.60. The molecule has 0 fully saturated rings. The molecule has 0 bridgehead atoms. The monoisotopic (exact) mass is 428 g/mol. The number of carbonyl (C=O) groups is 2. The minimum atomic E-state index is -1.09. The maximum atomic E-state index is 13.0. The summed E-state index contributed by atoms with van der Waals surface area (Å²) in [5, 5.41) is 32.7. The lowest BCUT2D eigenvalue weighted by molar-refractivity contribution is -0.137. The first-order valence-electron chi connectivity index (χ1n) is 9.60. The van der Waals surface area contributed by atoms with Crippen LogP contribution in [0.15, 0.2) is 67.3 Å².